The standard InChI is InChI=1S/C19H19BrClNO4/c1-2-3-10-25-19(24)13-4-7-15(8-5-13)22-18(23)12-26-17-9-6-14(20)11-16(17)21/h4-9,11H,2-3,10,12H2,1H3,(H,22,23). The molecule has 2 aromatic carbocycles. The molecule has 7 heteroatoms. The lowest BCUT2D eigenvalue weighted by Crippen LogP contribution is -2.20. The second-order valence-electron chi connectivity index (χ2n) is 5.48. The first-order valence-corrected chi connectivity index (χ1v) is 9.31. The molecule has 2 rings (SSSR count). The molecule has 0 saturated heterocycles. The maximum Gasteiger partial charge on any atom is 0.338 e. The quantitative estimate of drug-likeness (QED) is 0.459. The lowest BCUT2D eigenvalue weighted by Gasteiger charge is -2.09. The molecule has 0 spiro atoms. The number of hydrogen-bond acceptors (Lipinski definition) is 4. The Balaban J connectivity index is 1.84. The van der Waals surface area contributed by atoms with Gasteiger partial charge in [0.1, 0.15) is 5.75 Å². The summed E-state index contributed by atoms with van der Waals surface area (Å²) in [7, 11) is 0. The fourth-order valence-corrected chi connectivity index (χ4v) is 2.74. The Morgan fingerprint density at radius 3 is 2.54 bits per heavy atom. The van der Waals surface area contributed by atoms with E-state index < -0.39 is 0 Å². The van der Waals surface area contributed by atoms with Gasteiger partial charge >= 0.3 is 5.97 Å². The molecule has 0 aliphatic carbocycles. The monoisotopic (exact) mass is 439 g/mol. The maximum absolute atomic E-state index is 12.0. The predicted molar refractivity (Wildman–Crippen MR) is 105 cm³/mol. The SMILES string of the molecule is CCCCOC(=O)c1ccc(NC(=O)COc2ccc(Br)cc2Cl)cc1. The first kappa shape index (κ1) is 20.3. The summed E-state index contributed by atoms with van der Waals surface area (Å²) in [6.07, 6.45) is 1.80. The minimum Gasteiger partial charge on any atom is -0.482 e. The van der Waals surface area contributed by atoms with E-state index in [9.17, 15) is 9.59 Å². The molecule has 0 unspecified atom stereocenters. The van der Waals surface area contributed by atoms with Gasteiger partial charge in [0.05, 0.1) is 17.2 Å². The highest BCUT2D eigenvalue weighted by Gasteiger charge is 2.09. The van der Waals surface area contributed by atoms with Gasteiger partial charge in [0.15, 0.2) is 6.61 Å². The van der Waals surface area contributed by atoms with Crippen molar-refractivity contribution < 1.29 is 19.1 Å². The van der Waals surface area contributed by atoms with Crippen LogP contribution in [0.2, 0.25) is 5.02 Å². The number of anilines is 1. The number of carbonyl (C=O) groups is 2. The van der Waals surface area contributed by atoms with E-state index in [0.29, 0.717) is 28.6 Å². The lowest BCUT2D eigenvalue weighted by atomic mass is 10.2. The summed E-state index contributed by atoms with van der Waals surface area (Å²) in [5.74, 6) is -0.276. The second kappa shape index (κ2) is 10.2. The van der Waals surface area contributed by atoms with E-state index in [1.165, 1.54) is 0 Å². The van der Waals surface area contributed by atoms with Crippen molar-refractivity contribution in [2.45, 2.75) is 19.8 Å². The van der Waals surface area contributed by atoms with E-state index in [2.05, 4.69) is 21.2 Å². The number of nitrogens with one attached hydrogen (secondary N) is 1. The molecule has 5 nitrogen and oxygen atoms in total. The largest absolute Gasteiger partial charge is 0.482 e. The van der Waals surface area contributed by atoms with Gasteiger partial charge in [-0.05, 0) is 48.9 Å². The van der Waals surface area contributed by atoms with Gasteiger partial charge in [-0.25, -0.2) is 4.79 Å². The van der Waals surface area contributed by atoms with Crippen LogP contribution in [0, 0.1) is 0 Å². The number of esters is 1. The summed E-state index contributed by atoms with van der Waals surface area (Å²) < 4.78 is 11.4. The molecule has 2 aromatic rings. The highest BCUT2D eigenvalue weighted by atomic mass is 79.9. The molecule has 0 aliphatic rings. The van der Waals surface area contributed by atoms with Gasteiger partial charge in [0.25, 0.3) is 5.91 Å². The van der Waals surface area contributed by atoms with Gasteiger partial charge in [-0.2, -0.15) is 0 Å². The molecule has 1 amide bonds. The zero-order chi connectivity index (χ0) is 18.9. The van der Waals surface area contributed by atoms with Crippen molar-refractivity contribution in [3.8, 4) is 5.75 Å². The second-order valence-corrected chi connectivity index (χ2v) is 6.80. The van der Waals surface area contributed by atoms with Gasteiger partial charge in [-0.3, -0.25) is 4.79 Å². The van der Waals surface area contributed by atoms with Crippen LogP contribution in [0.25, 0.3) is 0 Å². The fourth-order valence-electron chi connectivity index (χ4n) is 2.01. The number of amides is 1. The van der Waals surface area contributed by atoms with Crippen molar-refractivity contribution in [2.75, 3.05) is 18.5 Å². The number of halogens is 2. The number of rotatable bonds is 8. The molecule has 138 valence electrons. The Kier molecular flexibility index (Phi) is 7.94. The molecule has 0 bridgehead atoms. The van der Waals surface area contributed by atoms with Crippen LogP contribution in [0.4, 0.5) is 5.69 Å². The molecule has 0 atom stereocenters. The number of hydrogen-bond donors (Lipinski definition) is 1. The zero-order valence-electron chi connectivity index (χ0n) is 14.3. The normalized spacial score (nSPS) is 10.3. The van der Waals surface area contributed by atoms with Crippen molar-refractivity contribution in [3.05, 3.63) is 57.5 Å². The smallest absolute Gasteiger partial charge is 0.338 e. The summed E-state index contributed by atoms with van der Waals surface area (Å²) in [4.78, 5) is 23.8. The molecular formula is C19H19BrClNO4. The lowest BCUT2D eigenvalue weighted by molar-refractivity contribution is -0.118. The molecular weight excluding hydrogens is 422 g/mol. The summed E-state index contributed by atoms with van der Waals surface area (Å²) in [5, 5.41) is 3.11. The number of unbranched alkanes of at least 4 members (excludes halogenated alkanes) is 1. The fraction of sp³-hybridized carbons (Fsp3) is 0.263. The van der Waals surface area contributed by atoms with Crippen molar-refractivity contribution >= 4 is 45.1 Å². The number of ether oxygens (including phenoxy) is 2. The predicted octanol–water partition coefficient (Wildman–Crippen LogP) is 5.08. The molecule has 0 saturated carbocycles. The van der Waals surface area contributed by atoms with Crippen LogP contribution < -0.4 is 10.1 Å². The van der Waals surface area contributed by atoms with Crippen LogP contribution >= 0.6 is 27.5 Å². The summed E-state index contributed by atoms with van der Waals surface area (Å²) in [5.41, 5.74) is 1.00. The molecule has 1 N–H and O–H groups in total. The van der Waals surface area contributed by atoms with E-state index in [0.717, 1.165) is 17.3 Å². The van der Waals surface area contributed by atoms with Crippen LogP contribution in [0.3, 0.4) is 0 Å². The topological polar surface area (TPSA) is 64.6 Å². The minimum atomic E-state index is -0.371. The van der Waals surface area contributed by atoms with Crippen LogP contribution in [0.5, 0.6) is 5.75 Å². The molecule has 0 aromatic heterocycles. The van der Waals surface area contributed by atoms with Gasteiger partial charge in [-0.15, -0.1) is 0 Å². The zero-order valence-corrected chi connectivity index (χ0v) is 16.6. The molecule has 26 heavy (non-hydrogen) atoms. The Morgan fingerprint density at radius 2 is 1.88 bits per heavy atom. The third-order valence-electron chi connectivity index (χ3n) is 3.39. The van der Waals surface area contributed by atoms with Crippen LogP contribution in [0.1, 0.15) is 30.1 Å². The highest BCUT2D eigenvalue weighted by Crippen LogP contribution is 2.27. The van der Waals surface area contributed by atoms with Gasteiger partial charge < -0.3 is 14.8 Å². The first-order valence-electron chi connectivity index (χ1n) is 8.14. The molecule has 0 fully saturated rings. The average Bonchev–Trinajstić information content (AvgIpc) is 2.61. The first-order chi connectivity index (χ1) is 12.5. The van der Waals surface area contributed by atoms with Crippen molar-refractivity contribution in [1.82, 2.24) is 0 Å². The summed E-state index contributed by atoms with van der Waals surface area (Å²) in [6.45, 7) is 2.26. The third-order valence-corrected chi connectivity index (χ3v) is 4.18. The number of carbonyl (C=O) groups excluding carboxylic acids is 2. The third kappa shape index (κ3) is 6.35. The van der Waals surface area contributed by atoms with E-state index in [-0.39, 0.29) is 18.5 Å². The van der Waals surface area contributed by atoms with Crippen LogP contribution in [-0.2, 0) is 9.53 Å². The van der Waals surface area contributed by atoms with Crippen molar-refractivity contribution in [3.63, 3.8) is 0 Å². The van der Waals surface area contributed by atoms with E-state index in [1.807, 2.05) is 6.92 Å². The summed E-state index contributed by atoms with van der Waals surface area (Å²) in [6, 6.07) is 11.6. The van der Waals surface area contributed by atoms with E-state index in [1.54, 1.807) is 42.5 Å². The van der Waals surface area contributed by atoms with Gasteiger partial charge in [0, 0.05) is 10.2 Å². The molecule has 0 heterocycles. The Hall–Kier alpha value is -2.05. The van der Waals surface area contributed by atoms with Gasteiger partial charge in [0.2, 0.25) is 0 Å². The Morgan fingerprint density at radius 1 is 1.15 bits per heavy atom. The maximum atomic E-state index is 12.0. The average molecular weight is 441 g/mol. The van der Waals surface area contributed by atoms with Crippen LogP contribution in [0.15, 0.2) is 46.9 Å². The highest BCUT2D eigenvalue weighted by molar-refractivity contribution is 9.10. The van der Waals surface area contributed by atoms with E-state index >= 15 is 0 Å². The van der Waals surface area contributed by atoms with Crippen molar-refractivity contribution in [2.24, 2.45) is 0 Å². The van der Waals surface area contributed by atoms with Crippen molar-refractivity contribution in [1.29, 1.82) is 0 Å². The van der Waals surface area contributed by atoms with E-state index in [4.69, 9.17) is 21.1 Å². The Labute approximate surface area is 165 Å². The summed E-state index contributed by atoms with van der Waals surface area (Å²) >= 11 is 9.34. The molecule has 0 aliphatic heterocycles. The van der Waals surface area contributed by atoms with Gasteiger partial charge in [-0.1, -0.05) is 40.9 Å². The number of benzene rings is 2. The minimum absolute atomic E-state index is 0.178. The van der Waals surface area contributed by atoms with Crippen LogP contribution in [-0.4, -0.2) is 25.1 Å². The molecule has 0 radical (unpaired) electrons. The Bertz CT molecular complexity index is 765.